The summed E-state index contributed by atoms with van der Waals surface area (Å²) < 4.78 is 11.3. The van der Waals surface area contributed by atoms with Gasteiger partial charge < -0.3 is 14.8 Å². The second-order valence-electron chi connectivity index (χ2n) is 4.84. The zero-order chi connectivity index (χ0) is 12.3. The van der Waals surface area contributed by atoms with E-state index < -0.39 is 0 Å². The number of morpholine rings is 1. The Morgan fingerprint density at radius 2 is 1.94 bits per heavy atom. The molecule has 3 nitrogen and oxygen atoms in total. The van der Waals surface area contributed by atoms with Gasteiger partial charge in [0.15, 0.2) is 0 Å². The highest BCUT2D eigenvalue weighted by Crippen LogP contribution is 2.25. The highest BCUT2D eigenvalue weighted by Gasteiger charge is 2.25. The molecule has 2 rings (SSSR count). The van der Waals surface area contributed by atoms with Crippen molar-refractivity contribution in [1.29, 1.82) is 0 Å². The standard InChI is InChI=1S/C14H21NO2/c1-10(2)13-8-15-9-14(17-13)11-4-6-12(16-3)7-5-11/h4-7,10,13-15H,8-9H2,1-3H3. The fourth-order valence-corrected chi connectivity index (χ4v) is 2.07. The van der Waals surface area contributed by atoms with Gasteiger partial charge in [-0.25, -0.2) is 0 Å². The first kappa shape index (κ1) is 12.4. The SMILES string of the molecule is COc1ccc(C2CNCC(C(C)C)O2)cc1. The van der Waals surface area contributed by atoms with Gasteiger partial charge in [0.25, 0.3) is 0 Å². The van der Waals surface area contributed by atoms with E-state index in [9.17, 15) is 0 Å². The van der Waals surface area contributed by atoms with Crippen molar-refractivity contribution < 1.29 is 9.47 Å². The normalized spacial score (nSPS) is 24.9. The van der Waals surface area contributed by atoms with E-state index in [0.717, 1.165) is 18.8 Å². The van der Waals surface area contributed by atoms with Gasteiger partial charge in [-0.3, -0.25) is 0 Å². The molecule has 2 unspecified atom stereocenters. The molecule has 0 radical (unpaired) electrons. The van der Waals surface area contributed by atoms with Gasteiger partial charge in [0.05, 0.1) is 19.3 Å². The summed E-state index contributed by atoms with van der Waals surface area (Å²) in [6.07, 6.45) is 0.456. The molecule has 3 heteroatoms. The van der Waals surface area contributed by atoms with Gasteiger partial charge in [0.2, 0.25) is 0 Å². The molecule has 17 heavy (non-hydrogen) atoms. The predicted molar refractivity (Wildman–Crippen MR) is 68.3 cm³/mol. The van der Waals surface area contributed by atoms with Crippen LogP contribution in [0.3, 0.4) is 0 Å². The molecule has 1 aromatic carbocycles. The number of hydrogen-bond acceptors (Lipinski definition) is 3. The van der Waals surface area contributed by atoms with Crippen LogP contribution in [0.5, 0.6) is 5.75 Å². The average Bonchev–Trinajstić information content (AvgIpc) is 2.39. The van der Waals surface area contributed by atoms with Crippen LogP contribution < -0.4 is 10.1 Å². The summed E-state index contributed by atoms with van der Waals surface area (Å²) in [6.45, 7) is 6.23. The van der Waals surface area contributed by atoms with Crippen LogP contribution in [0.2, 0.25) is 0 Å². The summed E-state index contributed by atoms with van der Waals surface area (Å²) in [6, 6.07) is 8.12. The molecule has 1 N–H and O–H groups in total. The fourth-order valence-electron chi connectivity index (χ4n) is 2.07. The van der Waals surface area contributed by atoms with Crippen molar-refractivity contribution in [3.05, 3.63) is 29.8 Å². The minimum atomic E-state index is 0.155. The molecule has 0 aromatic heterocycles. The van der Waals surface area contributed by atoms with Crippen LogP contribution in [0.1, 0.15) is 25.5 Å². The topological polar surface area (TPSA) is 30.5 Å². The first-order valence-corrected chi connectivity index (χ1v) is 6.21. The quantitative estimate of drug-likeness (QED) is 0.872. The van der Waals surface area contributed by atoms with Crippen molar-refractivity contribution in [2.24, 2.45) is 5.92 Å². The fraction of sp³-hybridized carbons (Fsp3) is 0.571. The number of benzene rings is 1. The Bertz CT molecular complexity index is 348. The Morgan fingerprint density at radius 3 is 2.53 bits per heavy atom. The van der Waals surface area contributed by atoms with Crippen LogP contribution in [0.15, 0.2) is 24.3 Å². The number of nitrogens with one attached hydrogen (secondary N) is 1. The van der Waals surface area contributed by atoms with Gasteiger partial charge in [0.1, 0.15) is 5.75 Å². The van der Waals surface area contributed by atoms with E-state index >= 15 is 0 Å². The van der Waals surface area contributed by atoms with Gasteiger partial charge in [-0.15, -0.1) is 0 Å². The van der Waals surface area contributed by atoms with Crippen molar-refractivity contribution in [3.63, 3.8) is 0 Å². The van der Waals surface area contributed by atoms with E-state index in [1.54, 1.807) is 7.11 Å². The molecule has 0 saturated carbocycles. The van der Waals surface area contributed by atoms with Gasteiger partial charge in [-0.05, 0) is 23.6 Å². The zero-order valence-corrected chi connectivity index (χ0v) is 10.8. The van der Waals surface area contributed by atoms with Crippen LogP contribution in [-0.2, 0) is 4.74 Å². The van der Waals surface area contributed by atoms with Crippen LogP contribution >= 0.6 is 0 Å². The Hall–Kier alpha value is -1.06. The number of hydrogen-bond donors (Lipinski definition) is 1. The average molecular weight is 235 g/mol. The second-order valence-corrected chi connectivity index (χ2v) is 4.84. The van der Waals surface area contributed by atoms with Crippen LogP contribution in [-0.4, -0.2) is 26.3 Å². The minimum absolute atomic E-state index is 0.155. The van der Waals surface area contributed by atoms with Crippen molar-refractivity contribution >= 4 is 0 Å². The maximum atomic E-state index is 6.10. The summed E-state index contributed by atoms with van der Waals surface area (Å²) in [5.41, 5.74) is 1.21. The molecule has 1 fully saturated rings. The van der Waals surface area contributed by atoms with E-state index in [4.69, 9.17) is 9.47 Å². The maximum Gasteiger partial charge on any atom is 0.118 e. The zero-order valence-electron chi connectivity index (χ0n) is 10.8. The van der Waals surface area contributed by atoms with Crippen molar-refractivity contribution in [2.45, 2.75) is 26.1 Å². The molecule has 0 bridgehead atoms. The lowest BCUT2D eigenvalue weighted by Crippen LogP contribution is -2.43. The second kappa shape index (κ2) is 5.52. The molecule has 1 aliphatic rings. The third kappa shape index (κ3) is 2.99. The number of ether oxygens (including phenoxy) is 2. The van der Waals surface area contributed by atoms with E-state index in [0.29, 0.717) is 12.0 Å². The van der Waals surface area contributed by atoms with Gasteiger partial charge >= 0.3 is 0 Å². The Morgan fingerprint density at radius 1 is 1.24 bits per heavy atom. The smallest absolute Gasteiger partial charge is 0.118 e. The molecule has 1 aliphatic heterocycles. The van der Waals surface area contributed by atoms with Crippen LogP contribution in [0.4, 0.5) is 0 Å². The highest BCUT2D eigenvalue weighted by atomic mass is 16.5. The molecule has 1 aromatic rings. The largest absolute Gasteiger partial charge is 0.497 e. The van der Waals surface area contributed by atoms with Crippen LogP contribution in [0, 0.1) is 5.92 Å². The van der Waals surface area contributed by atoms with Gasteiger partial charge in [-0.1, -0.05) is 26.0 Å². The number of methoxy groups -OCH3 is 1. The van der Waals surface area contributed by atoms with Crippen molar-refractivity contribution in [2.75, 3.05) is 20.2 Å². The Balaban J connectivity index is 2.05. The van der Waals surface area contributed by atoms with Crippen molar-refractivity contribution in [1.82, 2.24) is 5.32 Å². The minimum Gasteiger partial charge on any atom is -0.497 e. The molecule has 2 atom stereocenters. The first-order chi connectivity index (χ1) is 8.20. The lowest BCUT2D eigenvalue weighted by atomic mass is 10.0. The predicted octanol–water partition coefficient (Wildman–Crippen LogP) is 2.38. The molecular formula is C14H21NO2. The molecule has 94 valence electrons. The first-order valence-electron chi connectivity index (χ1n) is 6.21. The summed E-state index contributed by atoms with van der Waals surface area (Å²) in [4.78, 5) is 0. The van der Waals surface area contributed by atoms with Crippen molar-refractivity contribution in [3.8, 4) is 5.75 Å². The molecular weight excluding hydrogens is 214 g/mol. The third-order valence-corrected chi connectivity index (χ3v) is 3.25. The maximum absolute atomic E-state index is 6.10. The summed E-state index contributed by atoms with van der Waals surface area (Å²) >= 11 is 0. The van der Waals surface area contributed by atoms with E-state index in [-0.39, 0.29) is 6.10 Å². The number of rotatable bonds is 3. The molecule has 1 heterocycles. The van der Waals surface area contributed by atoms with E-state index in [2.05, 4.69) is 31.3 Å². The third-order valence-electron chi connectivity index (χ3n) is 3.25. The van der Waals surface area contributed by atoms with Crippen LogP contribution in [0.25, 0.3) is 0 Å². The molecule has 0 spiro atoms. The summed E-state index contributed by atoms with van der Waals surface area (Å²) in [5, 5.41) is 3.44. The highest BCUT2D eigenvalue weighted by molar-refractivity contribution is 5.28. The van der Waals surface area contributed by atoms with E-state index in [1.165, 1.54) is 5.56 Å². The lowest BCUT2D eigenvalue weighted by Gasteiger charge is -2.33. The summed E-state index contributed by atoms with van der Waals surface area (Å²) in [7, 11) is 1.68. The summed E-state index contributed by atoms with van der Waals surface area (Å²) in [5.74, 6) is 1.43. The molecule has 1 saturated heterocycles. The van der Waals surface area contributed by atoms with E-state index in [1.807, 2.05) is 12.1 Å². The van der Waals surface area contributed by atoms with Gasteiger partial charge in [-0.2, -0.15) is 0 Å². The lowest BCUT2D eigenvalue weighted by molar-refractivity contribution is -0.0603. The Kier molecular flexibility index (Phi) is 4.02. The Labute approximate surface area is 103 Å². The van der Waals surface area contributed by atoms with Gasteiger partial charge in [0, 0.05) is 13.1 Å². The monoisotopic (exact) mass is 235 g/mol. The molecule has 0 aliphatic carbocycles. The molecule has 0 amide bonds.